The summed E-state index contributed by atoms with van der Waals surface area (Å²) in [6.45, 7) is 0. The van der Waals surface area contributed by atoms with E-state index in [-0.39, 0.29) is 6.42 Å². The number of carbonyl (C=O) groups is 2. The van der Waals surface area contributed by atoms with E-state index in [1.54, 1.807) is 6.26 Å². The van der Waals surface area contributed by atoms with E-state index in [0.717, 1.165) is 27.7 Å². The number of hydrogen-bond donors (Lipinski definition) is 2. The van der Waals surface area contributed by atoms with Crippen LogP contribution in [0.5, 0.6) is 0 Å². The van der Waals surface area contributed by atoms with Crippen LogP contribution < -0.4 is 11.5 Å². The van der Waals surface area contributed by atoms with Gasteiger partial charge in [-0.25, -0.2) is 0 Å². The van der Waals surface area contributed by atoms with Crippen LogP contribution in [0.3, 0.4) is 0 Å². The zero-order valence-corrected chi connectivity index (χ0v) is 13.1. The molecule has 122 valence electrons. The highest BCUT2D eigenvalue weighted by Crippen LogP contribution is 2.30. The molecule has 5 heteroatoms. The van der Waals surface area contributed by atoms with Gasteiger partial charge in [0, 0.05) is 22.8 Å². The van der Waals surface area contributed by atoms with Crippen molar-refractivity contribution in [3.8, 4) is 11.3 Å². The average molecular weight is 322 g/mol. The summed E-state index contributed by atoms with van der Waals surface area (Å²) < 4.78 is 5.68. The Balaban J connectivity index is 1.83. The van der Waals surface area contributed by atoms with E-state index in [4.69, 9.17) is 15.9 Å². The molecule has 4 N–H and O–H groups in total. The van der Waals surface area contributed by atoms with Gasteiger partial charge in [0.1, 0.15) is 5.76 Å². The lowest BCUT2D eigenvalue weighted by Crippen LogP contribution is -2.29. The average Bonchev–Trinajstić information content (AvgIpc) is 2.98. The van der Waals surface area contributed by atoms with Crippen LogP contribution >= 0.6 is 0 Å². The standard InChI is InChI=1S/C19H18N2O3/c20-17(22)10-15(19(21)23)9-12-5-7-13(8-6-12)18-16-4-2-1-3-14(16)11-24-18/h1-8,11,15H,9-10H2,(H2,20,22)(H2,21,23). The molecule has 0 saturated carbocycles. The van der Waals surface area contributed by atoms with Gasteiger partial charge >= 0.3 is 0 Å². The van der Waals surface area contributed by atoms with Crippen molar-refractivity contribution in [2.24, 2.45) is 17.4 Å². The highest BCUT2D eigenvalue weighted by Gasteiger charge is 2.18. The Kier molecular flexibility index (Phi) is 4.33. The molecule has 1 unspecified atom stereocenters. The van der Waals surface area contributed by atoms with E-state index < -0.39 is 17.7 Å². The van der Waals surface area contributed by atoms with Crippen molar-refractivity contribution >= 4 is 22.6 Å². The fourth-order valence-electron chi connectivity index (χ4n) is 2.81. The molecule has 0 radical (unpaired) electrons. The van der Waals surface area contributed by atoms with Crippen LogP contribution in [0.4, 0.5) is 0 Å². The zero-order chi connectivity index (χ0) is 17.1. The maximum atomic E-state index is 11.4. The summed E-state index contributed by atoms with van der Waals surface area (Å²) in [5.41, 5.74) is 12.4. The first-order valence-corrected chi connectivity index (χ1v) is 7.68. The van der Waals surface area contributed by atoms with Crippen molar-refractivity contribution < 1.29 is 14.0 Å². The highest BCUT2D eigenvalue weighted by molar-refractivity contribution is 5.94. The van der Waals surface area contributed by atoms with Gasteiger partial charge in [0.15, 0.2) is 0 Å². The van der Waals surface area contributed by atoms with Crippen LogP contribution in [0.15, 0.2) is 59.2 Å². The summed E-state index contributed by atoms with van der Waals surface area (Å²) in [6, 6.07) is 15.6. The smallest absolute Gasteiger partial charge is 0.221 e. The van der Waals surface area contributed by atoms with Crippen molar-refractivity contribution in [3.63, 3.8) is 0 Å². The molecule has 3 aromatic rings. The summed E-state index contributed by atoms with van der Waals surface area (Å²) in [4.78, 5) is 22.5. The molecule has 1 heterocycles. The SMILES string of the molecule is NC(=O)CC(Cc1ccc(-c2occ3ccccc23)cc1)C(N)=O. The molecule has 2 aromatic carbocycles. The van der Waals surface area contributed by atoms with Crippen LogP contribution in [0.2, 0.25) is 0 Å². The maximum Gasteiger partial charge on any atom is 0.221 e. The number of primary amides is 2. The summed E-state index contributed by atoms with van der Waals surface area (Å²) in [5.74, 6) is -0.828. The molecule has 0 fully saturated rings. The second-order valence-corrected chi connectivity index (χ2v) is 5.82. The van der Waals surface area contributed by atoms with Gasteiger partial charge in [-0.1, -0.05) is 48.5 Å². The molecule has 1 atom stereocenters. The summed E-state index contributed by atoms with van der Waals surface area (Å²) in [7, 11) is 0. The van der Waals surface area contributed by atoms with Gasteiger partial charge in [-0.15, -0.1) is 0 Å². The van der Waals surface area contributed by atoms with E-state index in [1.165, 1.54) is 0 Å². The molecule has 5 nitrogen and oxygen atoms in total. The molecule has 0 saturated heterocycles. The number of fused-ring (bicyclic) bond motifs is 1. The van der Waals surface area contributed by atoms with Gasteiger partial charge in [0.2, 0.25) is 11.8 Å². The van der Waals surface area contributed by atoms with E-state index in [2.05, 4.69) is 0 Å². The van der Waals surface area contributed by atoms with Crippen molar-refractivity contribution in [1.29, 1.82) is 0 Å². The minimum absolute atomic E-state index is 0.0418. The first kappa shape index (κ1) is 15.8. The van der Waals surface area contributed by atoms with Gasteiger partial charge in [-0.2, -0.15) is 0 Å². The topological polar surface area (TPSA) is 99.3 Å². The number of benzene rings is 2. The van der Waals surface area contributed by atoms with Gasteiger partial charge in [0.05, 0.1) is 12.2 Å². The minimum Gasteiger partial charge on any atom is -0.463 e. The third-order valence-corrected chi connectivity index (χ3v) is 4.06. The van der Waals surface area contributed by atoms with Crippen LogP contribution in [0.1, 0.15) is 12.0 Å². The lowest BCUT2D eigenvalue weighted by Gasteiger charge is -2.11. The summed E-state index contributed by atoms with van der Waals surface area (Å²) >= 11 is 0. The molecule has 1 aromatic heterocycles. The number of furan rings is 1. The van der Waals surface area contributed by atoms with Gasteiger partial charge in [-0.3, -0.25) is 9.59 Å². The number of nitrogens with two attached hydrogens (primary N) is 2. The molecule has 0 aliphatic heterocycles. The van der Waals surface area contributed by atoms with Gasteiger partial charge in [-0.05, 0) is 12.0 Å². The van der Waals surface area contributed by atoms with Crippen LogP contribution in [-0.2, 0) is 16.0 Å². The Morgan fingerprint density at radius 1 is 1.00 bits per heavy atom. The zero-order valence-electron chi connectivity index (χ0n) is 13.1. The predicted octanol–water partition coefficient (Wildman–Crippen LogP) is 2.62. The second kappa shape index (κ2) is 6.58. The number of hydrogen-bond acceptors (Lipinski definition) is 3. The number of carbonyl (C=O) groups excluding carboxylic acids is 2. The van der Waals surface area contributed by atoms with Crippen LogP contribution in [0, 0.1) is 5.92 Å². The van der Waals surface area contributed by atoms with Gasteiger partial charge < -0.3 is 15.9 Å². The first-order valence-electron chi connectivity index (χ1n) is 7.68. The molecule has 0 spiro atoms. The molecule has 0 aliphatic carbocycles. The highest BCUT2D eigenvalue weighted by atomic mass is 16.3. The van der Waals surface area contributed by atoms with Crippen LogP contribution in [0.25, 0.3) is 22.1 Å². The van der Waals surface area contributed by atoms with E-state index >= 15 is 0 Å². The monoisotopic (exact) mass is 322 g/mol. The Bertz CT molecular complexity index is 881. The van der Waals surface area contributed by atoms with Crippen molar-refractivity contribution in [3.05, 3.63) is 60.4 Å². The Morgan fingerprint density at radius 2 is 1.71 bits per heavy atom. The van der Waals surface area contributed by atoms with E-state index in [1.807, 2.05) is 48.5 Å². The molecule has 0 bridgehead atoms. The summed E-state index contributed by atoms with van der Waals surface area (Å²) in [5, 5.41) is 2.10. The largest absolute Gasteiger partial charge is 0.463 e. The normalized spacial score (nSPS) is 12.2. The van der Waals surface area contributed by atoms with Crippen molar-refractivity contribution in [2.45, 2.75) is 12.8 Å². The lowest BCUT2D eigenvalue weighted by atomic mass is 9.94. The molecule has 2 amide bonds. The third kappa shape index (κ3) is 3.30. The van der Waals surface area contributed by atoms with E-state index in [9.17, 15) is 9.59 Å². The maximum absolute atomic E-state index is 11.4. The second-order valence-electron chi connectivity index (χ2n) is 5.82. The fraction of sp³-hybridized carbons (Fsp3) is 0.158. The Morgan fingerprint density at radius 3 is 2.38 bits per heavy atom. The van der Waals surface area contributed by atoms with Crippen molar-refractivity contribution in [1.82, 2.24) is 0 Å². The van der Waals surface area contributed by atoms with E-state index in [0.29, 0.717) is 6.42 Å². The summed E-state index contributed by atoms with van der Waals surface area (Å²) in [6.07, 6.45) is 2.08. The molecule has 0 aliphatic rings. The molecular formula is C19H18N2O3. The lowest BCUT2D eigenvalue weighted by molar-refractivity contribution is -0.126. The minimum atomic E-state index is -0.585. The number of amides is 2. The predicted molar refractivity (Wildman–Crippen MR) is 91.8 cm³/mol. The Hall–Kier alpha value is -3.08. The molecule has 24 heavy (non-hydrogen) atoms. The third-order valence-electron chi connectivity index (χ3n) is 4.06. The first-order chi connectivity index (χ1) is 11.5. The van der Waals surface area contributed by atoms with Crippen LogP contribution in [-0.4, -0.2) is 11.8 Å². The van der Waals surface area contributed by atoms with Crippen molar-refractivity contribution in [2.75, 3.05) is 0 Å². The quantitative estimate of drug-likeness (QED) is 0.729. The fourth-order valence-corrected chi connectivity index (χ4v) is 2.81. The molecule has 3 rings (SSSR count). The number of rotatable bonds is 6. The van der Waals surface area contributed by atoms with Gasteiger partial charge in [0.25, 0.3) is 0 Å². The molecular weight excluding hydrogens is 304 g/mol. The Labute approximate surface area is 139 Å².